The molecule has 15 heteroatoms. The molecule has 3 amide bonds. The minimum absolute atomic E-state index is 0.0171. The number of aryl methyl sites for hydroxylation is 2. The second-order valence-electron chi connectivity index (χ2n) is 14.6. The number of carbonyl (C=O) groups is 5. The summed E-state index contributed by atoms with van der Waals surface area (Å²) in [7, 11) is 0. The molecule has 0 bridgehead atoms. The summed E-state index contributed by atoms with van der Waals surface area (Å²) in [5.41, 5.74) is 15.2. The first kappa shape index (κ1) is 41.2. The van der Waals surface area contributed by atoms with Gasteiger partial charge in [-0.05, 0) is 80.0 Å². The molecular formula is C41H50N6O9. The number of nitrogens with zero attached hydrogens (tertiary/aromatic N) is 1. The van der Waals surface area contributed by atoms with E-state index in [0.717, 1.165) is 16.7 Å². The number of ketones is 1. The van der Waals surface area contributed by atoms with Gasteiger partial charge in [-0.3, -0.25) is 24.2 Å². The van der Waals surface area contributed by atoms with Crippen molar-refractivity contribution in [3.05, 3.63) is 93.5 Å². The van der Waals surface area contributed by atoms with E-state index in [4.69, 9.17) is 25.7 Å². The SMILES string of the molecule is Cc1cc2c(cc1C)C(=O)C[C@H](c1cc(C(=O)N[C@H](Cc3ccccc3)C(=O)N[C@H](CC(C)C)C(=O)N[C@@H](CCCN=C(N)N)C(=O)O)cc3c1OCOC3)O2. The molecule has 0 radical (unpaired) electrons. The monoisotopic (exact) mass is 770 g/mol. The van der Waals surface area contributed by atoms with E-state index in [1.807, 2.05) is 70.2 Å². The molecule has 5 rings (SSSR count). The number of guanidine groups is 1. The number of nitrogens with one attached hydrogen (secondary N) is 3. The zero-order valence-electron chi connectivity index (χ0n) is 32.1. The number of carboxylic acids is 1. The second kappa shape index (κ2) is 18.6. The number of carbonyl (C=O) groups excluding carboxylic acids is 4. The van der Waals surface area contributed by atoms with Gasteiger partial charge in [0.25, 0.3) is 5.91 Å². The van der Waals surface area contributed by atoms with E-state index in [2.05, 4.69) is 20.9 Å². The highest BCUT2D eigenvalue weighted by Crippen LogP contribution is 2.42. The number of carboxylic acid groups (broad SMARTS) is 1. The van der Waals surface area contributed by atoms with Crippen molar-refractivity contribution in [3.63, 3.8) is 0 Å². The summed E-state index contributed by atoms with van der Waals surface area (Å²) in [6.45, 7) is 7.91. The molecule has 3 aromatic carbocycles. The molecule has 0 aromatic heterocycles. The Morgan fingerprint density at radius 2 is 1.62 bits per heavy atom. The summed E-state index contributed by atoms with van der Waals surface area (Å²) in [6, 6.07) is 12.4. The van der Waals surface area contributed by atoms with Crippen molar-refractivity contribution in [2.75, 3.05) is 13.3 Å². The first-order valence-corrected chi connectivity index (χ1v) is 18.6. The van der Waals surface area contributed by atoms with Crippen LogP contribution in [0.5, 0.6) is 11.5 Å². The number of amides is 3. The number of hydrogen-bond donors (Lipinski definition) is 6. The lowest BCUT2D eigenvalue weighted by Gasteiger charge is -2.30. The molecule has 2 aliphatic heterocycles. The summed E-state index contributed by atoms with van der Waals surface area (Å²) in [4.78, 5) is 71.0. The molecule has 0 spiro atoms. The molecule has 0 aliphatic carbocycles. The van der Waals surface area contributed by atoms with Crippen LogP contribution in [0.25, 0.3) is 0 Å². The summed E-state index contributed by atoms with van der Waals surface area (Å²) < 4.78 is 17.8. The molecule has 8 N–H and O–H groups in total. The number of Topliss-reactive ketones (excluding diaryl/α,β-unsaturated/α-hetero) is 1. The van der Waals surface area contributed by atoms with E-state index < -0.39 is 47.9 Å². The van der Waals surface area contributed by atoms with Crippen LogP contribution in [0.4, 0.5) is 0 Å². The zero-order valence-corrected chi connectivity index (χ0v) is 32.1. The number of hydrogen-bond acceptors (Lipinski definition) is 9. The fourth-order valence-corrected chi connectivity index (χ4v) is 6.68. The van der Waals surface area contributed by atoms with Gasteiger partial charge in [-0.2, -0.15) is 0 Å². The van der Waals surface area contributed by atoms with E-state index in [9.17, 15) is 29.1 Å². The maximum Gasteiger partial charge on any atom is 0.326 e. The molecule has 4 atom stereocenters. The molecule has 298 valence electrons. The van der Waals surface area contributed by atoms with Crippen molar-refractivity contribution in [1.82, 2.24) is 16.0 Å². The standard InChI is InChI=1S/C41H50N6O9/c1-22(2)13-31(38(50)45-30(40(52)53)11-8-12-44-41(42)43)47-39(51)32(16-25-9-6-5-7-10-25)46-37(49)26-17-27-20-54-21-55-36(27)29(18-26)35-19-33(48)28-14-23(3)24(4)15-34(28)56-35/h5-7,9-10,14-15,17-18,22,30-32,35H,8,11-13,16,19-21H2,1-4H3,(H,45,50)(H,46,49)(H,47,51)(H,52,53)(H4,42,43,44)/t30-,31+,32+,35+/m0/s1. The van der Waals surface area contributed by atoms with Crippen molar-refractivity contribution in [1.29, 1.82) is 0 Å². The molecule has 0 fully saturated rings. The summed E-state index contributed by atoms with van der Waals surface area (Å²) in [6.07, 6.45) is -0.111. The Kier molecular flexibility index (Phi) is 13.7. The third kappa shape index (κ3) is 10.6. The van der Waals surface area contributed by atoms with Crippen LogP contribution in [0.1, 0.15) is 94.2 Å². The van der Waals surface area contributed by atoms with Crippen LogP contribution in [-0.4, -0.2) is 72.0 Å². The first-order chi connectivity index (χ1) is 26.7. The van der Waals surface area contributed by atoms with Crippen molar-refractivity contribution in [3.8, 4) is 11.5 Å². The minimum Gasteiger partial charge on any atom is -0.484 e. The van der Waals surface area contributed by atoms with Gasteiger partial charge in [0.05, 0.1) is 18.6 Å². The lowest BCUT2D eigenvalue weighted by Crippen LogP contribution is -2.56. The maximum atomic E-state index is 14.2. The molecule has 2 aliphatic rings. The molecule has 0 saturated heterocycles. The van der Waals surface area contributed by atoms with E-state index in [0.29, 0.717) is 34.6 Å². The number of ether oxygens (including phenoxy) is 3. The minimum atomic E-state index is -1.25. The number of rotatable bonds is 16. The molecule has 0 unspecified atom stereocenters. The normalized spacial score (nSPS) is 16.2. The van der Waals surface area contributed by atoms with Gasteiger partial charge in [0.15, 0.2) is 18.5 Å². The number of aliphatic imine (C=N–C) groups is 1. The highest BCUT2D eigenvalue weighted by molar-refractivity contribution is 6.01. The van der Waals surface area contributed by atoms with E-state index in [1.54, 1.807) is 12.1 Å². The lowest BCUT2D eigenvalue weighted by atomic mass is 9.91. The summed E-state index contributed by atoms with van der Waals surface area (Å²) in [5.74, 6) is -2.54. The first-order valence-electron chi connectivity index (χ1n) is 18.6. The Labute approximate surface area is 325 Å². The van der Waals surface area contributed by atoms with Crippen LogP contribution in [0.2, 0.25) is 0 Å². The Morgan fingerprint density at radius 3 is 2.32 bits per heavy atom. The van der Waals surface area contributed by atoms with Gasteiger partial charge in [0.1, 0.15) is 35.7 Å². The van der Waals surface area contributed by atoms with Gasteiger partial charge in [0.2, 0.25) is 11.8 Å². The molecule has 0 saturated carbocycles. The third-order valence-electron chi connectivity index (χ3n) is 9.69. The second-order valence-corrected chi connectivity index (χ2v) is 14.6. The average molecular weight is 771 g/mol. The Bertz CT molecular complexity index is 1980. The smallest absolute Gasteiger partial charge is 0.326 e. The fraction of sp³-hybridized carbons (Fsp3) is 0.415. The molecule has 56 heavy (non-hydrogen) atoms. The van der Waals surface area contributed by atoms with Crippen LogP contribution in [-0.2, 0) is 32.1 Å². The third-order valence-corrected chi connectivity index (χ3v) is 9.69. The highest BCUT2D eigenvalue weighted by Gasteiger charge is 2.34. The Morgan fingerprint density at radius 1 is 0.929 bits per heavy atom. The number of fused-ring (bicyclic) bond motifs is 2. The fourth-order valence-electron chi connectivity index (χ4n) is 6.68. The van der Waals surface area contributed by atoms with E-state index in [1.165, 1.54) is 0 Å². The van der Waals surface area contributed by atoms with Crippen molar-refractivity contribution < 1.29 is 43.3 Å². The van der Waals surface area contributed by atoms with Crippen LogP contribution < -0.4 is 36.9 Å². The van der Waals surface area contributed by atoms with E-state index in [-0.39, 0.29) is 68.9 Å². The summed E-state index contributed by atoms with van der Waals surface area (Å²) >= 11 is 0. The van der Waals surface area contributed by atoms with Crippen LogP contribution in [0, 0.1) is 19.8 Å². The van der Waals surface area contributed by atoms with Crippen molar-refractivity contribution in [2.45, 2.75) is 90.6 Å². The predicted molar refractivity (Wildman–Crippen MR) is 207 cm³/mol. The van der Waals surface area contributed by atoms with Gasteiger partial charge < -0.3 is 46.7 Å². The number of aliphatic carboxylic acids is 1. The average Bonchev–Trinajstić information content (AvgIpc) is 3.15. The largest absolute Gasteiger partial charge is 0.484 e. The lowest BCUT2D eigenvalue weighted by molar-refractivity contribution is -0.142. The molecule has 15 nitrogen and oxygen atoms in total. The van der Waals surface area contributed by atoms with Crippen LogP contribution in [0.3, 0.4) is 0 Å². The van der Waals surface area contributed by atoms with Gasteiger partial charge in [-0.25, -0.2) is 4.79 Å². The van der Waals surface area contributed by atoms with Crippen molar-refractivity contribution in [2.24, 2.45) is 22.4 Å². The van der Waals surface area contributed by atoms with Gasteiger partial charge in [-0.1, -0.05) is 44.2 Å². The highest BCUT2D eigenvalue weighted by atomic mass is 16.7. The van der Waals surface area contributed by atoms with Crippen molar-refractivity contribution >= 4 is 35.4 Å². The summed E-state index contributed by atoms with van der Waals surface area (Å²) in [5, 5.41) is 18.0. The van der Waals surface area contributed by atoms with Gasteiger partial charge in [0, 0.05) is 29.7 Å². The predicted octanol–water partition coefficient (Wildman–Crippen LogP) is 3.37. The van der Waals surface area contributed by atoms with Gasteiger partial charge >= 0.3 is 5.97 Å². The molecule has 2 heterocycles. The van der Waals surface area contributed by atoms with Crippen LogP contribution >= 0.6 is 0 Å². The van der Waals surface area contributed by atoms with Crippen LogP contribution in [0.15, 0.2) is 59.6 Å². The number of nitrogens with two attached hydrogens (primary N) is 2. The Hall–Kier alpha value is -5.96. The zero-order chi connectivity index (χ0) is 40.5. The Balaban J connectivity index is 1.40. The maximum absolute atomic E-state index is 14.2. The van der Waals surface area contributed by atoms with E-state index >= 15 is 0 Å². The quantitative estimate of drug-likeness (QED) is 0.0702. The topological polar surface area (TPSA) is 234 Å². The molecule has 3 aromatic rings. The molecular weight excluding hydrogens is 720 g/mol. The van der Waals surface area contributed by atoms with Gasteiger partial charge in [-0.15, -0.1) is 0 Å². The number of benzene rings is 3.